The topological polar surface area (TPSA) is 49.9 Å². The third-order valence-corrected chi connectivity index (χ3v) is 5.96. The van der Waals surface area contributed by atoms with Gasteiger partial charge in [-0.15, -0.1) is 0 Å². The summed E-state index contributed by atoms with van der Waals surface area (Å²) >= 11 is 0. The van der Waals surface area contributed by atoms with Crippen molar-refractivity contribution in [1.82, 2.24) is 9.80 Å². The van der Waals surface area contributed by atoms with Gasteiger partial charge in [0, 0.05) is 32.1 Å². The fraction of sp³-hybridized carbons (Fsp3) is 0.895. The Hall–Kier alpha value is -1.10. The highest BCUT2D eigenvalue weighted by atomic mass is 16.5. The molecule has 3 fully saturated rings. The second-order valence-electron chi connectivity index (χ2n) is 7.92. The van der Waals surface area contributed by atoms with Crippen molar-refractivity contribution < 1.29 is 14.3 Å². The van der Waals surface area contributed by atoms with E-state index in [9.17, 15) is 9.59 Å². The Morgan fingerprint density at radius 3 is 2.50 bits per heavy atom. The molecule has 2 heterocycles. The van der Waals surface area contributed by atoms with Gasteiger partial charge >= 0.3 is 0 Å². The molecule has 2 saturated heterocycles. The molecule has 136 valence electrons. The van der Waals surface area contributed by atoms with E-state index in [1.807, 2.05) is 16.7 Å². The van der Waals surface area contributed by atoms with Gasteiger partial charge in [-0.3, -0.25) is 9.59 Å². The van der Waals surface area contributed by atoms with Gasteiger partial charge in [-0.1, -0.05) is 19.8 Å². The van der Waals surface area contributed by atoms with Crippen LogP contribution in [0.15, 0.2) is 0 Å². The Bertz CT molecular complexity index is 460. The number of carbonyl (C=O) groups excluding carboxylic acids is 2. The maximum absolute atomic E-state index is 12.7. The lowest BCUT2D eigenvalue weighted by Crippen LogP contribution is -2.50. The van der Waals surface area contributed by atoms with Crippen molar-refractivity contribution in [2.75, 3.05) is 19.6 Å². The van der Waals surface area contributed by atoms with Gasteiger partial charge in [0.15, 0.2) is 0 Å². The summed E-state index contributed by atoms with van der Waals surface area (Å²) in [6.07, 6.45) is 8.06. The molecule has 3 atom stereocenters. The number of hydrogen-bond acceptors (Lipinski definition) is 3. The number of hydrogen-bond donors (Lipinski definition) is 0. The number of likely N-dealkylation sites (tertiary alicyclic amines) is 2. The van der Waals surface area contributed by atoms with E-state index in [0.29, 0.717) is 24.3 Å². The number of ether oxygens (including phenoxy) is 1. The first kappa shape index (κ1) is 17.7. The SMILES string of the molecule is C[C@@H]1CCC[C@H](O[C@@H](C)C(=O)N2CCC(N3CCCC3=O)CC2)C1. The van der Waals surface area contributed by atoms with Crippen LogP contribution in [0.4, 0.5) is 0 Å². The predicted molar refractivity (Wildman–Crippen MR) is 92.5 cm³/mol. The molecule has 2 aliphatic heterocycles. The van der Waals surface area contributed by atoms with Crippen LogP contribution < -0.4 is 0 Å². The van der Waals surface area contributed by atoms with Gasteiger partial charge in [-0.25, -0.2) is 0 Å². The van der Waals surface area contributed by atoms with Gasteiger partial charge in [0.2, 0.25) is 5.91 Å². The molecule has 1 saturated carbocycles. The van der Waals surface area contributed by atoms with E-state index in [4.69, 9.17) is 4.74 Å². The van der Waals surface area contributed by atoms with E-state index in [-0.39, 0.29) is 18.1 Å². The van der Waals surface area contributed by atoms with Crippen LogP contribution in [0.3, 0.4) is 0 Å². The van der Waals surface area contributed by atoms with Crippen molar-refractivity contribution in [2.45, 2.75) is 83.5 Å². The van der Waals surface area contributed by atoms with Crippen LogP contribution in [-0.2, 0) is 14.3 Å². The average Bonchev–Trinajstić information content (AvgIpc) is 3.00. The zero-order valence-corrected chi connectivity index (χ0v) is 15.2. The van der Waals surface area contributed by atoms with Crippen LogP contribution in [0.25, 0.3) is 0 Å². The molecule has 3 aliphatic rings. The number of rotatable bonds is 4. The Kier molecular flexibility index (Phi) is 5.80. The first-order valence-electron chi connectivity index (χ1n) is 9.78. The average molecular weight is 336 g/mol. The second kappa shape index (κ2) is 7.85. The van der Waals surface area contributed by atoms with Gasteiger partial charge in [-0.05, 0) is 44.9 Å². The molecule has 0 aromatic carbocycles. The van der Waals surface area contributed by atoms with Gasteiger partial charge in [0.25, 0.3) is 5.91 Å². The molecule has 0 bridgehead atoms. The van der Waals surface area contributed by atoms with E-state index >= 15 is 0 Å². The lowest BCUT2D eigenvalue weighted by atomic mass is 9.88. The second-order valence-corrected chi connectivity index (χ2v) is 7.92. The fourth-order valence-corrected chi connectivity index (χ4v) is 4.56. The summed E-state index contributed by atoms with van der Waals surface area (Å²) in [5, 5.41) is 0. The number of piperidine rings is 1. The number of carbonyl (C=O) groups is 2. The molecule has 24 heavy (non-hydrogen) atoms. The predicted octanol–water partition coefficient (Wildman–Crippen LogP) is 2.58. The van der Waals surface area contributed by atoms with Crippen molar-refractivity contribution in [3.8, 4) is 0 Å². The third-order valence-electron chi connectivity index (χ3n) is 5.96. The van der Waals surface area contributed by atoms with Gasteiger partial charge in [0.1, 0.15) is 6.10 Å². The highest BCUT2D eigenvalue weighted by Crippen LogP contribution is 2.27. The quantitative estimate of drug-likeness (QED) is 0.793. The minimum absolute atomic E-state index is 0.124. The maximum atomic E-state index is 12.7. The van der Waals surface area contributed by atoms with E-state index in [2.05, 4.69) is 6.92 Å². The van der Waals surface area contributed by atoms with Gasteiger partial charge < -0.3 is 14.5 Å². The van der Waals surface area contributed by atoms with E-state index in [0.717, 1.165) is 51.7 Å². The van der Waals surface area contributed by atoms with E-state index < -0.39 is 0 Å². The fourth-order valence-electron chi connectivity index (χ4n) is 4.56. The lowest BCUT2D eigenvalue weighted by Gasteiger charge is -2.38. The Balaban J connectivity index is 1.45. The largest absolute Gasteiger partial charge is 0.365 e. The van der Waals surface area contributed by atoms with E-state index in [1.54, 1.807) is 0 Å². The Labute approximate surface area is 145 Å². The summed E-state index contributed by atoms with van der Waals surface area (Å²) in [6.45, 7) is 6.57. The molecular formula is C19H32N2O3. The van der Waals surface area contributed by atoms with Crippen LogP contribution >= 0.6 is 0 Å². The third kappa shape index (κ3) is 4.11. The summed E-state index contributed by atoms with van der Waals surface area (Å²) in [6, 6.07) is 0.333. The molecule has 5 heteroatoms. The first-order chi connectivity index (χ1) is 11.5. The van der Waals surface area contributed by atoms with Crippen molar-refractivity contribution in [3.05, 3.63) is 0 Å². The highest BCUT2D eigenvalue weighted by molar-refractivity contribution is 5.81. The van der Waals surface area contributed by atoms with Crippen LogP contribution in [-0.4, -0.2) is 59.5 Å². The van der Waals surface area contributed by atoms with Crippen molar-refractivity contribution in [1.29, 1.82) is 0 Å². The van der Waals surface area contributed by atoms with Gasteiger partial charge in [-0.2, -0.15) is 0 Å². The van der Waals surface area contributed by atoms with Crippen LogP contribution in [0.5, 0.6) is 0 Å². The van der Waals surface area contributed by atoms with Crippen LogP contribution in [0.2, 0.25) is 0 Å². The van der Waals surface area contributed by atoms with E-state index in [1.165, 1.54) is 12.8 Å². The summed E-state index contributed by atoms with van der Waals surface area (Å²) in [4.78, 5) is 28.5. The Morgan fingerprint density at radius 2 is 1.88 bits per heavy atom. The van der Waals surface area contributed by atoms with Crippen molar-refractivity contribution in [2.24, 2.45) is 5.92 Å². The molecule has 0 radical (unpaired) electrons. The Morgan fingerprint density at radius 1 is 1.12 bits per heavy atom. The number of amides is 2. The summed E-state index contributed by atoms with van der Waals surface area (Å²) in [7, 11) is 0. The van der Waals surface area contributed by atoms with Crippen molar-refractivity contribution >= 4 is 11.8 Å². The molecule has 5 nitrogen and oxygen atoms in total. The smallest absolute Gasteiger partial charge is 0.251 e. The lowest BCUT2D eigenvalue weighted by molar-refractivity contribution is -0.149. The maximum Gasteiger partial charge on any atom is 0.251 e. The molecule has 0 aromatic rings. The standard InChI is InChI=1S/C19H32N2O3/c1-14-5-3-6-17(13-14)24-15(2)19(23)20-11-8-16(9-12-20)21-10-4-7-18(21)22/h14-17H,3-13H2,1-2H3/t14-,15+,17+/m1/s1. The molecule has 0 unspecified atom stereocenters. The molecule has 1 aliphatic carbocycles. The number of nitrogens with zero attached hydrogens (tertiary/aromatic N) is 2. The molecule has 0 N–H and O–H groups in total. The molecule has 2 amide bonds. The van der Waals surface area contributed by atoms with Gasteiger partial charge in [0.05, 0.1) is 6.10 Å². The first-order valence-corrected chi connectivity index (χ1v) is 9.78. The normalized spacial score (nSPS) is 30.7. The molecule has 0 aromatic heterocycles. The summed E-state index contributed by atoms with van der Waals surface area (Å²) in [5.41, 5.74) is 0. The molecular weight excluding hydrogens is 304 g/mol. The van der Waals surface area contributed by atoms with Crippen molar-refractivity contribution in [3.63, 3.8) is 0 Å². The summed E-state index contributed by atoms with van der Waals surface area (Å²) in [5.74, 6) is 1.13. The minimum Gasteiger partial charge on any atom is -0.365 e. The molecule has 0 spiro atoms. The van der Waals surface area contributed by atoms with Crippen LogP contribution in [0.1, 0.15) is 65.2 Å². The zero-order valence-electron chi connectivity index (χ0n) is 15.2. The highest BCUT2D eigenvalue weighted by Gasteiger charge is 2.33. The van der Waals surface area contributed by atoms with Crippen LogP contribution in [0, 0.1) is 5.92 Å². The summed E-state index contributed by atoms with van der Waals surface area (Å²) < 4.78 is 6.06. The minimum atomic E-state index is -0.342. The monoisotopic (exact) mass is 336 g/mol. The zero-order chi connectivity index (χ0) is 17.1. The molecule has 3 rings (SSSR count).